The van der Waals surface area contributed by atoms with Crippen molar-refractivity contribution in [2.45, 2.75) is 44.2 Å². The number of urea groups is 1. The van der Waals surface area contributed by atoms with Crippen molar-refractivity contribution in [1.82, 2.24) is 15.6 Å². The number of amides is 2. The van der Waals surface area contributed by atoms with Crippen molar-refractivity contribution in [3.05, 3.63) is 94.5 Å². The Hall–Kier alpha value is -3.40. The number of nitrogens with zero attached hydrogens (tertiary/aromatic N) is 1. The van der Waals surface area contributed by atoms with E-state index < -0.39 is 42.1 Å². The fraction of sp³-hybridized carbons (Fsp3) is 0.308. The lowest BCUT2D eigenvalue weighted by Gasteiger charge is -2.36. The van der Waals surface area contributed by atoms with Gasteiger partial charge in [0.1, 0.15) is 17.1 Å². The second-order valence-electron chi connectivity index (χ2n) is 8.71. The third-order valence-corrected chi connectivity index (χ3v) is 5.56. The highest BCUT2D eigenvalue weighted by Gasteiger charge is 2.42. The molecule has 2 N–H and O–H groups in total. The van der Waals surface area contributed by atoms with E-state index in [0.717, 1.165) is 17.7 Å². The summed E-state index contributed by atoms with van der Waals surface area (Å²) in [6, 6.07) is 14.2. The van der Waals surface area contributed by atoms with E-state index in [1.165, 1.54) is 24.4 Å². The maximum atomic E-state index is 14.8. The van der Waals surface area contributed by atoms with Gasteiger partial charge in [0.15, 0.2) is 6.61 Å². The number of rotatable bonds is 10. The van der Waals surface area contributed by atoms with Crippen molar-refractivity contribution in [3.8, 4) is 5.75 Å². The van der Waals surface area contributed by atoms with Crippen LogP contribution in [0, 0.1) is 5.82 Å². The zero-order chi connectivity index (χ0) is 27.2. The lowest BCUT2D eigenvalue weighted by atomic mass is 9.80. The Morgan fingerprint density at radius 3 is 2.38 bits per heavy atom. The van der Waals surface area contributed by atoms with Gasteiger partial charge in [-0.3, -0.25) is 4.98 Å². The molecule has 3 rings (SSSR count). The number of hydrogen-bond donors (Lipinski definition) is 2. The van der Waals surface area contributed by atoms with Crippen LogP contribution in [0.4, 0.5) is 26.7 Å². The van der Waals surface area contributed by atoms with Gasteiger partial charge in [-0.1, -0.05) is 41.9 Å². The molecule has 0 aliphatic carbocycles. The monoisotopic (exact) mass is 541 g/mol. The Morgan fingerprint density at radius 2 is 1.78 bits per heavy atom. The highest BCUT2D eigenvalue weighted by Crippen LogP contribution is 2.36. The van der Waals surface area contributed by atoms with Gasteiger partial charge < -0.3 is 15.4 Å². The molecule has 0 aliphatic heterocycles. The molecule has 0 bridgehead atoms. The van der Waals surface area contributed by atoms with Crippen LogP contribution < -0.4 is 15.4 Å². The van der Waals surface area contributed by atoms with Crippen LogP contribution in [0.5, 0.6) is 5.75 Å². The summed E-state index contributed by atoms with van der Waals surface area (Å²) in [5.41, 5.74) is -0.481. The van der Waals surface area contributed by atoms with Gasteiger partial charge in [0.2, 0.25) is 0 Å². The second-order valence-corrected chi connectivity index (χ2v) is 9.14. The standard InChI is InChI=1S/C26H25ClF5N3O2/c1-16(2)34-24(36)35-25(13-17-6-4-3-5-7-17,22-9-8-19(27)14-33-22)18-10-20(28)12-21(11-18)37-15-26(31,32)23(29)30/h3-12,14,16,23H,13,15H2,1-2H3,(H2,34,35,36). The predicted octanol–water partition coefficient (Wildman–Crippen LogP) is 6.35. The first-order valence-corrected chi connectivity index (χ1v) is 11.6. The maximum Gasteiger partial charge on any atom is 0.340 e. The minimum absolute atomic E-state index is 0.0596. The zero-order valence-electron chi connectivity index (χ0n) is 20.0. The molecule has 1 aromatic heterocycles. The van der Waals surface area contributed by atoms with Gasteiger partial charge in [-0.05, 0) is 49.2 Å². The SMILES string of the molecule is CC(C)NC(=O)NC(Cc1ccccc1)(c1cc(F)cc(OCC(F)(F)C(F)F)c1)c1ccc(Cl)cn1. The molecule has 3 aromatic rings. The molecule has 1 heterocycles. The third-order valence-electron chi connectivity index (χ3n) is 5.34. The number of carbonyl (C=O) groups excluding carboxylic acids is 1. The Kier molecular flexibility index (Phi) is 8.96. The molecular weight excluding hydrogens is 517 g/mol. The highest BCUT2D eigenvalue weighted by atomic mass is 35.5. The van der Waals surface area contributed by atoms with Gasteiger partial charge in [0.25, 0.3) is 0 Å². The lowest BCUT2D eigenvalue weighted by molar-refractivity contribution is -0.148. The fourth-order valence-corrected chi connectivity index (χ4v) is 3.79. The summed E-state index contributed by atoms with van der Waals surface area (Å²) in [6.07, 6.45) is -2.56. The van der Waals surface area contributed by atoms with Crippen LogP contribution in [0.1, 0.15) is 30.7 Å². The number of carbonyl (C=O) groups is 1. The number of pyridine rings is 1. The van der Waals surface area contributed by atoms with Crippen LogP contribution in [0.15, 0.2) is 66.9 Å². The summed E-state index contributed by atoms with van der Waals surface area (Å²) < 4.78 is 71.9. The molecule has 0 fully saturated rings. The largest absolute Gasteiger partial charge is 0.487 e. The minimum atomic E-state index is -4.44. The zero-order valence-corrected chi connectivity index (χ0v) is 20.7. The highest BCUT2D eigenvalue weighted by molar-refractivity contribution is 6.30. The van der Waals surface area contributed by atoms with Crippen LogP contribution in [-0.2, 0) is 12.0 Å². The number of hydrogen-bond acceptors (Lipinski definition) is 3. The van der Waals surface area contributed by atoms with Crippen LogP contribution in [0.2, 0.25) is 5.02 Å². The van der Waals surface area contributed by atoms with Gasteiger partial charge in [0, 0.05) is 24.7 Å². The van der Waals surface area contributed by atoms with E-state index in [9.17, 15) is 26.7 Å². The van der Waals surface area contributed by atoms with E-state index in [1.807, 2.05) is 0 Å². The molecular formula is C26H25ClF5N3O2. The minimum Gasteiger partial charge on any atom is -0.487 e. The van der Waals surface area contributed by atoms with Crippen LogP contribution in [0.25, 0.3) is 0 Å². The molecule has 0 saturated carbocycles. The van der Waals surface area contributed by atoms with E-state index in [4.69, 9.17) is 16.3 Å². The number of ether oxygens (including phenoxy) is 1. The summed E-state index contributed by atoms with van der Waals surface area (Å²) in [4.78, 5) is 17.4. The molecule has 5 nitrogen and oxygen atoms in total. The Bertz CT molecular complexity index is 1200. The average Bonchev–Trinajstić information content (AvgIpc) is 2.82. The average molecular weight is 542 g/mol. The van der Waals surface area contributed by atoms with Crippen LogP contribution in [-0.4, -0.2) is 36.0 Å². The molecule has 1 atom stereocenters. The van der Waals surface area contributed by atoms with Crippen molar-refractivity contribution >= 4 is 17.6 Å². The smallest absolute Gasteiger partial charge is 0.340 e. The number of alkyl halides is 4. The Balaban J connectivity index is 2.18. The molecule has 0 radical (unpaired) electrons. The van der Waals surface area contributed by atoms with Crippen molar-refractivity contribution in [2.24, 2.45) is 0 Å². The summed E-state index contributed by atoms with van der Waals surface area (Å²) in [5, 5.41) is 5.88. The first kappa shape index (κ1) is 28.2. The molecule has 0 spiro atoms. The van der Waals surface area contributed by atoms with E-state index in [0.29, 0.717) is 5.02 Å². The van der Waals surface area contributed by atoms with Gasteiger partial charge >= 0.3 is 18.4 Å². The van der Waals surface area contributed by atoms with Crippen molar-refractivity contribution < 1.29 is 31.5 Å². The summed E-state index contributed by atoms with van der Waals surface area (Å²) in [5.74, 6) is -5.76. The summed E-state index contributed by atoms with van der Waals surface area (Å²) >= 11 is 6.03. The van der Waals surface area contributed by atoms with Crippen LogP contribution in [0.3, 0.4) is 0 Å². The molecule has 0 saturated heterocycles. The van der Waals surface area contributed by atoms with Gasteiger partial charge in [0.05, 0.1) is 10.7 Å². The normalized spacial score (nSPS) is 13.4. The molecule has 1 unspecified atom stereocenters. The van der Waals surface area contributed by atoms with Gasteiger partial charge in [-0.2, -0.15) is 8.78 Å². The molecule has 37 heavy (non-hydrogen) atoms. The molecule has 2 amide bonds. The number of nitrogens with one attached hydrogen (secondary N) is 2. The van der Waals surface area contributed by atoms with Gasteiger partial charge in [-0.15, -0.1) is 0 Å². The Morgan fingerprint density at radius 1 is 1.08 bits per heavy atom. The van der Waals surface area contributed by atoms with Crippen molar-refractivity contribution in [1.29, 1.82) is 0 Å². The lowest BCUT2D eigenvalue weighted by Crippen LogP contribution is -2.53. The molecule has 11 heteroatoms. The predicted molar refractivity (Wildman–Crippen MR) is 130 cm³/mol. The first-order valence-electron chi connectivity index (χ1n) is 11.3. The summed E-state index contributed by atoms with van der Waals surface area (Å²) in [6.45, 7) is 1.83. The van der Waals surface area contributed by atoms with E-state index in [-0.39, 0.29) is 23.7 Å². The Labute approximate surface area is 216 Å². The van der Waals surface area contributed by atoms with E-state index >= 15 is 0 Å². The molecule has 0 aliphatic rings. The maximum absolute atomic E-state index is 14.8. The number of benzene rings is 2. The molecule has 2 aromatic carbocycles. The van der Waals surface area contributed by atoms with E-state index in [1.54, 1.807) is 44.2 Å². The number of aromatic nitrogens is 1. The molecule has 198 valence electrons. The number of halogens is 6. The van der Waals surface area contributed by atoms with E-state index in [2.05, 4.69) is 15.6 Å². The topological polar surface area (TPSA) is 63.2 Å². The first-order chi connectivity index (χ1) is 17.4. The van der Waals surface area contributed by atoms with Crippen molar-refractivity contribution in [3.63, 3.8) is 0 Å². The van der Waals surface area contributed by atoms with Crippen molar-refractivity contribution in [2.75, 3.05) is 6.61 Å². The second kappa shape index (κ2) is 11.8. The van der Waals surface area contributed by atoms with Gasteiger partial charge in [-0.25, -0.2) is 18.0 Å². The fourth-order valence-electron chi connectivity index (χ4n) is 3.68. The van der Waals surface area contributed by atoms with Crippen LogP contribution >= 0.6 is 11.6 Å². The summed E-state index contributed by atoms with van der Waals surface area (Å²) in [7, 11) is 0. The quantitative estimate of drug-likeness (QED) is 0.294. The third kappa shape index (κ3) is 7.31.